The van der Waals surface area contributed by atoms with Crippen molar-refractivity contribution < 1.29 is 31.9 Å². The van der Waals surface area contributed by atoms with Gasteiger partial charge in [-0.1, -0.05) is 0 Å². The van der Waals surface area contributed by atoms with Crippen LogP contribution in [0, 0.1) is 17.1 Å². The minimum absolute atomic E-state index is 0.0301. The number of amides is 3. The molecular weight excluding hydrogens is 422 g/mol. The third-order valence-electron chi connectivity index (χ3n) is 4.85. The largest absolute Gasteiger partial charge is 0.491 e. The van der Waals surface area contributed by atoms with E-state index in [9.17, 15) is 27.2 Å². The Kier molecular flexibility index (Phi) is 4.88. The van der Waals surface area contributed by atoms with Gasteiger partial charge < -0.3 is 20.3 Å². The molecule has 3 amide bonds. The number of carbonyl (C=O) groups excluding carboxylic acids is 2. The summed E-state index contributed by atoms with van der Waals surface area (Å²) in [4.78, 5) is 28.9. The Morgan fingerprint density at radius 3 is 2.90 bits per heavy atom. The lowest BCUT2D eigenvalue weighted by molar-refractivity contribution is -0.142. The van der Waals surface area contributed by atoms with E-state index in [2.05, 4.69) is 15.6 Å². The van der Waals surface area contributed by atoms with Crippen molar-refractivity contribution in [2.45, 2.75) is 18.8 Å². The fourth-order valence-electron chi connectivity index (χ4n) is 3.50. The fourth-order valence-corrected chi connectivity index (χ4v) is 3.50. The Morgan fingerprint density at radius 1 is 1.42 bits per heavy atom. The van der Waals surface area contributed by atoms with Crippen LogP contribution in [0.5, 0.6) is 5.75 Å². The highest BCUT2D eigenvalue weighted by molar-refractivity contribution is 5.95. The molecule has 0 spiro atoms. The number of benzene rings is 1. The van der Waals surface area contributed by atoms with Crippen LogP contribution in [0.4, 0.5) is 28.0 Å². The second kappa shape index (κ2) is 7.42. The molecule has 0 radical (unpaired) electrons. The molecular formula is C19H13F4N5O3. The summed E-state index contributed by atoms with van der Waals surface area (Å²) >= 11 is 0. The van der Waals surface area contributed by atoms with E-state index in [0.717, 1.165) is 17.2 Å². The molecule has 160 valence electrons. The summed E-state index contributed by atoms with van der Waals surface area (Å²) < 4.78 is 59.3. The van der Waals surface area contributed by atoms with Crippen molar-refractivity contribution in [2.24, 2.45) is 0 Å². The number of hydrogen-bond donors (Lipinski definition) is 2. The average molecular weight is 435 g/mol. The molecule has 2 N–H and O–H groups in total. The van der Waals surface area contributed by atoms with Crippen molar-refractivity contribution in [3.8, 4) is 11.8 Å². The van der Waals surface area contributed by atoms with Crippen molar-refractivity contribution in [3.63, 3.8) is 0 Å². The Bertz CT molecular complexity index is 1130. The lowest BCUT2D eigenvalue weighted by Crippen LogP contribution is -2.46. The maximum Gasteiger partial charge on any atom is 0.433 e. The van der Waals surface area contributed by atoms with E-state index in [-0.39, 0.29) is 34.7 Å². The van der Waals surface area contributed by atoms with Crippen LogP contribution in [0.15, 0.2) is 24.4 Å². The zero-order valence-corrected chi connectivity index (χ0v) is 15.6. The first-order valence-electron chi connectivity index (χ1n) is 8.94. The van der Waals surface area contributed by atoms with Gasteiger partial charge in [0.15, 0.2) is 5.69 Å². The van der Waals surface area contributed by atoms with E-state index in [0.29, 0.717) is 0 Å². The molecule has 2 aliphatic rings. The summed E-state index contributed by atoms with van der Waals surface area (Å²) in [5.74, 6) is -1.34. The molecule has 8 nitrogen and oxygen atoms in total. The molecule has 3 heterocycles. The molecule has 2 aliphatic heterocycles. The van der Waals surface area contributed by atoms with Gasteiger partial charge in [0.2, 0.25) is 5.91 Å². The number of anilines is 1. The number of aromatic nitrogens is 1. The van der Waals surface area contributed by atoms with E-state index >= 15 is 0 Å². The smallest absolute Gasteiger partial charge is 0.433 e. The Labute approximate surface area is 172 Å². The van der Waals surface area contributed by atoms with Crippen LogP contribution in [0.25, 0.3) is 0 Å². The lowest BCUT2D eigenvalue weighted by Gasteiger charge is -2.30. The number of nitrogens with zero attached hydrogens (tertiary/aromatic N) is 3. The summed E-state index contributed by atoms with van der Waals surface area (Å²) in [6, 6.07) is 3.75. The van der Waals surface area contributed by atoms with E-state index < -0.39 is 48.8 Å². The highest BCUT2D eigenvalue weighted by Gasteiger charge is 2.39. The standard InChI is InChI=1S/C19H13F4N5O3/c20-11-3-9(5-24)4-14-16(11)13(8-31-14)26-15(29)7-28-6-10-12(27-18(28)30)1-2-25-17(10)19(21,22)23/h1-4,13H,6-8H2,(H,26,29)(H,27,30)/t13-/m1/s1. The number of fused-ring (bicyclic) bond motifs is 2. The molecule has 0 bridgehead atoms. The number of carbonyl (C=O) groups is 2. The number of halogens is 4. The molecule has 1 aromatic heterocycles. The highest BCUT2D eigenvalue weighted by Crippen LogP contribution is 2.37. The summed E-state index contributed by atoms with van der Waals surface area (Å²) in [6.07, 6.45) is -3.79. The predicted octanol–water partition coefficient (Wildman–Crippen LogP) is 2.71. The van der Waals surface area contributed by atoms with Crippen LogP contribution >= 0.6 is 0 Å². The molecule has 4 rings (SSSR count). The van der Waals surface area contributed by atoms with E-state index in [1.54, 1.807) is 6.07 Å². The van der Waals surface area contributed by atoms with Gasteiger partial charge in [-0.15, -0.1) is 0 Å². The van der Waals surface area contributed by atoms with Crippen molar-refractivity contribution in [2.75, 3.05) is 18.5 Å². The summed E-state index contributed by atoms with van der Waals surface area (Å²) in [6.45, 7) is -1.14. The molecule has 31 heavy (non-hydrogen) atoms. The first kappa shape index (κ1) is 20.4. The van der Waals surface area contributed by atoms with Crippen LogP contribution in [-0.2, 0) is 17.5 Å². The second-order valence-corrected chi connectivity index (χ2v) is 6.88. The molecule has 0 saturated carbocycles. The van der Waals surface area contributed by atoms with Gasteiger partial charge in [0.25, 0.3) is 0 Å². The fraction of sp³-hybridized carbons (Fsp3) is 0.263. The number of urea groups is 1. The maximum absolute atomic E-state index is 14.3. The van der Waals surface area contributed by atoms with Gasteiger partial charge in [0, 0.05) is 11.8 Å². The third-order valence-corrected chi connectivity index (χ3v) is 4.85. The number of nitrogens with one attached hydrogen (secondary N) is 2. The second-order valence-electron chi connectivity index (χ2n) is 6.88. The van der Waals surface area contributed by atoms with Gasteiger partial charge in [-0.05, 0) is 18.2 Å². The summed E-state index contributed by atoms with van der Waals surface area (Å²) in [5.41, 5.74) is -1.32. The normalized spacial score (nSPS) is 17.2. The highest BCUT2D eigenvalue weighted by atomic mass is 19.4. The zero-order valence-electron chi connectivity index (χ0n) is 15.6. The van der Waals surface area contributed by atoms with E-state index in [1.807, 2.05) is 0 Å². The number of alkyl halides is 3. The van der Waals surface area contributed by atoms with Crippen molar-refractivity contribution in [1.82, 2.24) is 15.2 Å². The predicted molar refractivity (Wildman–Crippen MR) is 96.2 cm³/mol. The maximum atomic E-state index is 14.3. The van der Waals surface area contributed by atoms with Crippen LogP contribution in [0.2, 0.25) is 0 Å². The van der Waals surface area contributed by atoms with E-state index in [1.165, 1.54) is 12.1 Å². The van der Waals surface area contributed by atoms with Gasteiger partial charge in [0.1, 0.15) is 24.7 Å². The van der Waals surface area contributed by atoms with Gasteiger partial charge in [-0.25, -0.2) is 9.18 Å². The molecule has 2 aromatic rings. The molecule has 1 aromatic carbocycles. The number of pyridine rings is 1. The number of ether oxygens (including phenoxy) is 1. The molecule has 0 unspecified atom stereocenters. The Morgan fingerprint density at radius 2 is 2.19 bits per heavy atom. The van der Waals surface area contributed by atoms with Gasteiger partial charge in [-0.3, -0.25) is 9.78 Å². The van der Waals surface area contributed by atoms with Crippen molar-refractivity contribution in [1.29, 1.82) is 5.26 Å². The molecule has 0 fully saturated rings. The first-order chi connectivity index (χ1) is 14.7. The first-order valence-corrected chi connectivity index (χ1v) is 8.94. The van der Waals surface area contributed by atoms with Crippen molar-refractivity contribution >= 4 is 17.6 Å². The molecule has 12 heteroatoms. The quantitative estimate of drug-likeness (QED) is 0.721. The van der Waals surface area contributed by atoms with Crippen LogP contribution in [-0.4, -0.2) is 35.0 Å². The third kappa shape index (κ3) is 3.81. The van der Waals surface area contributed by atoms with Crippen LogP contribution in [0.3, 0.4) is 0 Å². The average Bonchev–Trinajstić information content (AvgIpc) is 3.10. The van der Waals surface area contributed by atoms with Gasteiger partial charge in [0.05, 0.1) is 35.5 Å². The van der Waals surface area contributed by atoms with Crippen LogP contribution in [0.1, 0.15) is 28.4 Å². The molecule has 1 atom stereocenters. The minimum atomic E-state index is -4.73. The van der Waals surface area contributed by atoms with Gasteiger partial charge in [-0.2, -0.15) is 18.4 Å². The number of rotatable bonds is 3. The number of hydrogen-bond acceptors (Lipinski definition) is 5. The minimum Gasteiger partial charge on any atom is -0.491 e. The van der Waals surface area contributed by atoms with Gasteiger partial charge >= 0.3 is 12.2 Å². The Balaban J connectivity index is 1.49. The summed E-state index contributed by atoms with van der Waals surface area (Å²) in [7, 11) is 0. The molecule has 0 saturated heterocycles. The zero-order chi connectivity index (χ0) is 22.3. The lowest BCUT2D eigenvalue weighted by atomic mass is 10.1. The van der Waals surface area contributed by atoms with Crippen LogP contribution < -0.4 is 15.4 Å². The monoisotopic (exact) mass is 435 g/mol. The topological polar surface area (TPSA) is 107 Å². The molecule has 0 aliphatic carbocycles. The Hall–Kier alpha value is -3.88. The summed E-state index contributed by atoms with van der Waals surface area (Å²) in [5, 5.41) is 13.7. The SMILES string of the molecule is N#Cc1cc(F)c2c(c1)OC[C@H]2NC(=O)CN1Cc2c(ccnc2C(F)(F)F)NC1=O. The van der Waals surface area contributed by atoms with Crippen molar-refractivity contribution in [3.05, 3.63) is 52.6 Å². The van der Waals surface area contributed by atoms with E-state index in [4.69, 9.17) is 10.00 Å². The number of nitriles is 1.